The van der Waals surface area contributed by atoms with Gasteiger partial charge < -0.3 is 14.2 Å². The van der Waals surface area contributed by atoms with Gasteiger partial charge in [0.2, 0.25) is 5.91 Å². The molecular formula is C27H33N3O2. The minimum atomic E-state index is 0.193. The fourth-order valence-corrected chi connectivity index (χ4v) is 5.39. The van der Waals surface area contributed by atoms with E-state index in [4.69, 9.17) is 9.72 Å². The zero-order chi connectivity index (χ0) is 21.9. The van der Waals surface area contributed by atoms with Crippen molar-refractivity contribution in [1.29, 1.82) is 0 Å². The van der Waals surface area contributed by atoms with E-state index in [0.29, 0.717) is 25.0 Å². The molecule has 0 N–H and O–H groups in total. The number of ether oxygens (including phenoxy) is 1. The van der Waals surface area contributed by atoms with Crippen molar-refractivity contribution in [1.82, 2.24) is 14.5 Å². The van der Waals surface area contributed by atoms with Crippen LogP contribution in [0.3, 0.4) is 0 Å². The number of aromatic nitrogens is 2. The number of carbonyl (C=O) groups excluding carboxylic acids is 1. The Morgan fingerprint density at radius 1 is 1.03 bits per heavy atom. The molecule has 5 nitrogen and oxygen atoms in total. The van der Waals surface area contributed by atoms with Crippen LogP contribution in [-0.4, -0.2) is 39.6 Å². The summed E-state index contributed by atoms with van der Waals surface area (Å²) in [6, 6.07) is 17.0. The molecule has 1 saturated carbocycles. The maximum atomic E-state index is 12.8. The average molecular weight is 432 g/mol. The molecule has 1 saturated heterocycles. The summed E-state index contributed by atoms with van der Waals surface area (Å²) >= 11 is 0. The molecule has 1 aliphatic heterocycles. The molecule has 5 rings (SSSR count). The van der Waals surface area contributed by atoms with E-state index in [1.165, 1.54) is 23.9 Å². The van der Waals surface area contributed by atoms with Crippen molar-refractivity contribution in [3.63, 3.8) is 0 Å². The molecule has 2 aliphatic rings. The van der Waals surface area contributed by atoms with E-state index in [1.54, 1.807) is 0 Å². The van der Waals surface area contributed by atoms with Crippen molar-refractivity contribution in [2.45, 2.75) is 70.4 Å². The number of hydrogen-bond donors (Lipinski definition) is 0. The topological polar surface area (TPSA) is 47.4 Å². The summed E-state index contributed by atoms with van der Waals surface area (Å²) in [6.07, 6.45) is 7.43. The Kier molecular flexibility index (Phi) is 6.15. The number of carbonyl (C=O) groups is 1. The van der Waals surface area contributed by atoms with E-state index in [0.717, 1.165) is 55.9 Å². The van der Waals surface area contributed by atoms with Crippen molar-refractivity contribution in [3.05, 3.63) is 59.9 Å². The molecular weight excluding hydrogens is 398 g/mol. The maximum absolute atomic E-state index is 12.8. The highest BCUT2D eigenvalue weighted by atomic mass is 16.5. The Hall–Kier alpha value is -2.82. The van der Waals surface area contributed by atoms with Gasteiger partial charge in [0.1, 0.15) is 11.6 Å². The Morgan fingerprint density at radius 3 is 2.66 bits per heavy atom. The number of rotatable bonds is 8. The van der Waals surface area contributed by atoms with E-state index in [2.05, 4.69) is 40.7 Å². The van der Waals surface area contributed by atoms with Crippen LogP contribution in [0, 0.1) is 6.92 Å². The third-order valence-electron chi connectivity index (χ3n) is 7.10. The van der Waals surface area contributed by atoms with Crippen LogP contribution in [0.15, 0.2) is 48.5 Å². The second-order valence-corrected chi connectivity index (χ2v) is 9.32. The van der Waals surface area contributed by atoms with Crippen LogP contribution in [0.25, 0.3) is 11.0 Å². The number of aryl methyl sites for hydroxylation is 2. The molecule has 1 aromatic heterocycles. The molecule has 0 radical (unpaired) electrons. The number of para-hydroxylation sites is 3. The van der Waals surface area contributed by atoms with Crippen LogP contribution in [0.2, 0.25) is 0 Å². The highest BCUT2D eigenvalue weighted by Crippen LogP contribution is 2.35. The van der Waals surface area contributed by atoms with Gasteiger partial charge in [-0.25, -0.2) is 4.98 Å². The lowest BCUT2D eigenvalue weighted by molar-refractivity contribution is -0.129. The molecule has 5 heteroatoms. The van der Waals surface area contributed by atoms with Crippen molar-refractivity contribution >= 4 is 16.9 Å². The van der Waals surface area contributed by atoms with Gasteiger partial charge in [-0.05, 0) is 56.4 Å². The fraction of sp³-hybridized carbons (Fsp3) is 0.481. The number of likely N-dealkylation sites (tertiary alicyclic amines) is 1. The van der Waals surface area contributed by atoms with E-state index in [-0.39, 0.29) is 5.92 Å². The van der Waals surface area contributed by atoms with Crippen LogP contribution in [0.4, 0.5) is 0 Å². The molecule has 32 heavy (non-hydrogen) atoms. The van der Waals surface area contributed by atoms with Gasteiger partial charge in [-0.3, -0.25) is 4.79 Å². The van der Waals surface area contributed by atoms with Gasteiger partial charge in [0, 0.05) is 31.5 Å². The normalized spacial score (nSPS) is 19.3. The summed E-state index contributed by atoms with van der Waals surface area (Å²) in [5.74, 6) is 2.56. The Balaban J connectivity index is 1.27. The first-order valence-corrected chi connectivity index (χ1v) is 12.1. The molecule has 2 fully saturated rings. The molecule has 1 unspecified atom stereocenters. The second-order valence-electron chi connectivity index (χ2n) is 9.32. The smallest absolute Gasteiger partial charge is 0.223 e. The van der Waals surface area contributed by atoms with Crippen molar-refractivity contribution in [3.8, 4) is 5.75 Å². The lowest BCUT2D eigenvalue weighted by Gasteiger charge is -2.24. The summed E-state index contributed by atoms with van der Waals surface area (Å²) in [4.78, 5) is 20.0. The predicted molar refractivity (Wildman–Crippen MR) is 127 cm³/mol. The van der Waals surface area contributed by atoms with E-state index < -0.39 is 0 Å². The van der Waals surface area contributed by atoms with Crippen molar-refractivity contribution < 1.29 is 9.53 Å². The minimum absolute atomic E-state index is 0.193. The number of hydrogen-bond acceptors (Lipinski definition) is 3. The van der Waals surface area contributed by atoms with Gasteiger partial charge in [-0.15, -0.1) is 0 Å². The van der Waals surface area contributed by atoms with Crippen LogP contribution < -0.4 is 4.74 Å². The van der Waals surface area contributed by atoms with Gasteiger partial charge in [0.25, 0.3) is 0 Å². The molecule has 2 heterocycles. The number of amides is 1. The second kappa shape index (κ2) is 9.35. The Labute approximate surface area is 190 Å². The zero-order valence-electron chi connectivity index (χ0n) is 19.0. The summed E-state index contributed by atoms with van der Waals surface area (Å²) < 4.78 is 8.34. The molecule has 0 bridgehead atoms. The average Bonchev–Trinajstić information content (AvgIpc) is 3.53. The molecule has 168 valence electrons. The van der Waals surface area contributed by atoms with E-state index >= 15 is 0 Å². The Morgan fingerprint density at radius 2 is 1.81 bits per heavy atom. The summed E-state index contributed by atoms with van der Waals surface area (Å²) in [5.41, 5.74) is 3.38. The van der Waals surface area contributed by atoms with Gasteiger partial charge >= 0.3 is 0 Å². The quantitative estimate of drug-likeness (QED) is 0.445. The first-order chi connectivity index (χ1) is 15.7. The SMILES string of the molecule is Cc1ccccc1OCCCCn1c(C2CC(=O)N(C3CCCC3)C2)nc2ccccc21. The Bertz CT molecular complexity index is 1080. The number of nitrogens with zero attached hydrogens (tertiary/aromatic N) is 3. The minimum Gasteiger partial charge on any atom is -0.493 e. The highest BCUT2D eigenvalue weighted by molar-refractivity contribution is 5.81. The number of unbranched alkanes of at least 4 members (excludes halogenated alkanes) is 1. The maximum Gasteiger partial charge on any atom is 0.223 e. The first-order valence-electron chi connectivity index (χ1n) is 12.1. The number of imidazole rings is 1. The lowest BCUT2D eigenvalue weighted by Crippen LogP contribution is -2.34. The molecule has 2 aromatic carbocycles. The number of benzene rings is 2. The lowest BCUT2D eigenvalue weighted by atomic mass is 10.1. The summed E-state index contributed by atoms with van der Waals surface area (Å²) in [5, 5.41) is 0. The summed E-state index contributed by atoms with van der Waals surface area (Å²) in [7, 11) is 0. The van der Waals surface area contributed by atoms with Crippen molar-refractivity contribution in [2.75, 3.05) is 13.2 Å². The van der Waals surface area contributed by atoms with Crippen LogP contribution in [-0.2, 0) is 11.3 Å². The molecule has 0 spiro atoms. The molecule has 3 aromatic rings. The van der Waals surface area contributed by atoms with E-state index in [9.17, 15) is 4.79 Å². The highest BCUT2D eigenvalue weighted by Gasteiger charge is 2.38. The molecule has 1 atom stereocenters. The summed E-state index contributed by atoms with van der Waals surface area (Å²) in [6.45, 7) is 4.52. The van der Waals surface area contributed by atoms with Crippen LogP contribution in [0.1, 0.15) is 62.3 Å². The van der Waals surface area contributed by atoms with Crippen molar-refractivity contribution in [2.24, 2.45) is 0 Å². The van der Waals surface area contributed by atoms with E-state index in [1.807, 2.05) is 24.3 Å². The van der Waals surface area contributed by atoms with Crippen LogP contribution >= 0.6 is 0 Å². The zero-order valence-corrected chi connectivity index (χ0v) is 19.0. The number of fused-ring (bicyclic) bond motifs is 1. The largest absolute Gasteiger partial charge is 0.493 e. The first kappa shape index (κ1) is 21.0. The molecule has 1 aliphatic carbocycles. The third-order valence-corrected chi connectivity index (χ3v) is 7.10. The van der Waals surface area contributed by atoms with Gasteiger partial charge in [-0.2, -0.15) is 0 Å². The molecule has 1 amide bonds. The predicted octanol–water partition coefficient (Wildman–Crippen LogP) is 5.46. The monoisotopic (exact) mass is 431 g/mol. The van der Waals surface area contributed by atoms with Gasteiger partial charge in [0.05, 0.1) is 17.6 Å². The van der Waals surface area contributed by atoms with Gasteiger partial charge in [-0.1, -0.05) is 43.2 Å². The fourth-order valence-electron chi connectivity index (χ4n) is 5.39. The standard InChI is InChI=1S/C27H33N3O2/c1-20-10-2-7-15-25(20)32-17-9-8-16-29-24-14-6-5-13-23(24)28-27(29)21-18-26(31)30(19-21)22-11-3-4-12-22/h2,5-7,10,13-15,21-22H,3-4,8-9,11-12,16-19H2,1H3. The van der Waals surface area contributed by atoms with Gasteiger partial charge in [0.15, 0.2) is 0 Å². The van der Waals surface area contributed by atoms with Crippen LogP contribution in [0.5, 0.6) is 5.75 Å². The third kappa shape index (κ3) is 4.25.